The highest BCUT2D eigenvalue weighted by atomic mass is 16.7. The summed E-state index contributed by atoms with van der Waals surface area (Å²) in [4.78, 5) is 14.5. The van der Waals surface area contributed by atoms with E-state index >= 15 is 0 Å². The number of ether oxygens (including phenoxy) is 5. The highest BCUT2D eigenvalue weighted by Gasteiger charge is 2.38. The van der Waals surface area contributed by atoms with E-state index in [1.165, 1.54) is 22.3 Å². The lowest BCUT2D eigenvalue weighted by Crippen LogP contribution is -2.49. The number of benzene rings is 2. The minimum atomic E-state index is -0.566. The van der Waals surface area contributed by atoms with Gasteiger partial charge in [0, 0.05) is 84.2 Å². The number of amides is 1. The fourth-order valence-corrected chi connectivity index (χ4v) is 6.24. The number of rotatable bonds is 10. The number of hydrogen-bond acceptors (Lipinski definition) is 7. The first-order chi connectivity index (χ1) is 20.0. The van der Waals surface area contributed by atoms with E-state index in [-0.39, 0.29) is 17.8 Å². The molecule has 2 fully saturated rings. The van der Waals surface area contributed by atoms with Gasteiger partial charge in [-0.2, -0.15) is 0 Å². The highest BCUT2D eigenvalue weighted by Crippen LogP contribution is 2.44. The summed E-state index contributed by atoms with van der Waals surface area (Å²) in [6.07, 6.45) is 3.01. The summed E-state index contributed by atoms with van der Waals surface area (Å²) in [5.74, 6) is -0.764. The second-order valence-corrected chi connectivity index (χ2v) is 10.6. The van der Waals surface area contributed by atoms with Crippen LogP contribution in [0.4, 0.5) is 4.79 Å². The summed E-state index contributed by atoms with van der Waals surface area (Å²) in [6.45, 7) is 14.2. The van der Waals surface area contributed by atoms with Gasteiger partial charge in [-0.15, -0.1) is 0 Å². The summed E-state index contributed by atoms with van der Waals surface area (Å²) >= 11 is 0. The molecule has 0 aromatic heterocycles. The van der Waals surface area contributed by atoms with Crippen molar-refractivity contribution in [1.29, 1.82) is 0 Å². The van der Waals surface area contributed by atoms with E-state index in [0.29, 0.717) is 45.8 Å². The summed E-state index contributed by atoms with van der Waals surface area (Å²) in [6, 6.07) is 16.8. The molecule has 2 aromatic carbocycles. The monoisotopic (exact) mass is 568 g/mol. The fraction of sp³-hybridized carbons (Fsp3) is 0.606. The zero-order chi connectivity index (χ0) is 29.1. The van der Waals surface area contributed by atoms with Crippen LogP contribution in [0.25, 0.3) is 11.1 Å². The summed E-state index contributed by atoms with van der Waals surface area (Å²) in [5.41, 5.74) is 4.93. The second kappa shape index (κ2) is 15.1. The first-order valence-electron chi connectivity index (χ1n) is 15.4. The minimum absolute atomic E-state index is 0.0853. The highest BCUT2D eigenvalue weighted by molar-refractivity contribution is 5.79. The topological polar surface area (TPSA) is 78.5 Å². The van der Waals surface area contributed by atoms with Crippen LogP contribution in [0, 0.1) is 0 Å². The standard InChI is InChI=1S/C24H29NO4.C9H19NO2/c1-3-28-24(29-4-2)13-15-25(16-14-24)23(26)27-17-22-20-11-7-5-9-18(20)19-10-6-8-12-21(19)22;1-3-11-9(12-4-2)5-7-10-8-6-9/h5-12,22H,3-4,13-17H2,1-2H3;10H,3-8H2,1-2H3. The number of hydrogen-bond donors (Lipinski definition) is 1. The second-order valence-electron chi connectivity index (χ2n) is 10.6. The SMILES string of the molecule is CCOC1(OCC)CCN(C(=O)OCC2c3ccccc3-c3ccccc32)CC1.CCOC1(OCC)CCNCC1. The van der Waals surface area contributed by atoms with Crippen LogP contribution in [0.15, 0.2) is 48.5 Å². The molecule has 41 heavy (non-hydrogen) atoms. The molecule has 0 spiro atoms. The predicted molar refractivity (Wildman–Crippen MR) is 160 cm³/mol. The molecule has 2 aromatic rings. The molecule has 0 unspecified atom stereocenters. The first kappa shape index (κ1) is 31.4. The average Bonchev–Trinajstić information content (AvgIpc) is 3.31. The summed E-state index contributed by atoms with van der Waals surface area (Å²) in [7, 11) is 0. The van der Waals surface area contributed by atoms with Crippen molar-refractivity contribution in [1.82, 2.24) is 10.2 Å². The Bertz CT molecular complexity index is 1030. The van der Waals surface area contributed by atoms with Crippen molar-refractivity contribution in [3.8, 4) is 11.1 Å². The minimum Gasteiger partial charge on any atom is -0.448 e. The maximum atomic E-state index is 12.7. The Morgan fingerprint density at radius 1 is 0.732 bits per heavy atom. The normalized spacial score (nSPS) is 19.1. The molecular weight excluding hydrogens is 520 g/mol. The molecule has 8 heteroatoms. The lowest BCUT2D eigenvalue weighted by atomic mass is 9.98. The quantitative estimate of drug-likeness (QED) is 0.356. The van der Waals surface area contributed by atoms with Crippen molar-refractivity contribution in [3.63, 3.8) is 0 Å². The van der Waals surface area contributed by atoms with E-state index < -0.39 is 5.79 Å². The van der Waals surface area contributed by atoms with Gasteiger partial charge in [-0.05, 0) is 49.9 Å². The van der Waals surface area contributed by atoms with Crippen molar-refractivity contribution < 1.29 is 28.5 Å². The van der Waals surface area contributed by atoms with E-state index in [2.05, 4.69) is 41.7 Å². The van der Waals surface area contributed by atoms with E-state index in [9.17, 15) is 4.79 Å². The molecule has 3 aliphatic rings. The fourth-order valence-electron chi connectivity index (χ4n) is 6.24. The predicted octanol–water partition coefficient (Wildman–Crippen LogP) is 5.94. The third-order valence-electron chi connectivity index (χ3n) is 8.11. The molecule has 2 aliphatic heterocycles. The van der Waals surface area contributed by atoms with E-state index in [1.807, 2.05) is 39.8 Å². The number of carbonyl (C=O) groups is 1. The molecule has 0 radical (unpaired) electrons. The van der Waals surface area contributed by atoms with Crippen LogP contribution < -0.4 is 5.32 Å². The lowest BCUT2D eigenvalue weighted by molar-refractivity contribution is -0.251. The third-order valence-corrected chi connectivity index (χ3v) is 8.11. The van der Waals surface area contributed by atoms with Crippen molar-refractivity contribution in [2.24, 2.45) is 0 Å². The number of nitrogens with zero attached hydrogens (tertiary/aromatic N) is 1. The van der Waals surface area contributed by atoms with Gasteiger partial charge in [-0.25, -0.2) is 4.79 Å². The summed E-state index contributed by atoms with van der Waals surface area (Å²) in [5, 5.41) is 3.30. The molecule has 8 nitrogen and oxygen atoms in total. The Hall–Kier alpha value is -2.49. The number of fused-ring (bicyclic) bond motifs is 3. The largest absolute Gasteiger partial charge is 0.448 e. The molecule has 1 N–H and O–H groups in total. The van der Waals surface area contributed by atoms with Gasteiger partial charge in [0.05, 0.1) is 0 Å². The molecule has 0 bridgehead atoms. The molecule has 2 heterocycles. The van der Waals surface area contributed by atoms with Gasteiger partial charge in [0.2, 0.25) is 0 Å². The molecule has 226 valence electrons. The van der Waals surface area contributed by atoms with Crippen LogP contribution in [-0.4, -0.2) is 81.8 Å². The molecular formula is C33H48N2O6. The lowest BCUT2D eigenvalue weighted by Gasteiger charge is -2.40. The van der Waals surface area contributed by atoms with Crippen LogP contribution in [0.5, 0.6) is 0 Å². The Balaban J connectivity index is 0.000000271. The van der Waals surface area contributed by atoms with E-state index in [1.54, 1.807) is 4.90 Å². The van der Waals surface area contributed by atoms with Crippen molar-refractivity contribution >= 4 is 6.09 Å². The van der Waals surface area contributed by atoms with Gasteiger partial charge in [0.1, 0.15) is 6.61 Å². The smallest absolute Gasteiger partial charge is 0.409 e. The molecule has 1 aliphatic carbocycles. The van der Waals surface area contributed by atoms with Gasteiger partial charge < -0.3 is 33.9 Å². The van der Waals surface area contributed by atoms with Gasteiger partial charge in [0.25, 0.3) is 0 Å². The van der Waals surface area contributed by atoms with Crippen LogP contribution in [0.1, 0.15) is 70.4 Å². The maximum Gasteiger partial charge on any atom is 0.409 e. The zero-order valence-electron chi connectivity index (χ0n) is 25.3. The number of likely N-dealkylation sites (tertiary alicyclic amines) is 1. The average molecular weight is 569 g/mol. The van der Waals surface area contributed by atoms with Crippen molar-refractivity contribution in [2.45, 2.75) is 70.9 Å². The third kappa shape index (κ3) is 7.67. The van der Waals surface area contributed by atoms with Crippen LogP contribution >= 0.6 is 0 Å². The van der Waals surface area contributed by atoms with Crippen molar-refractivity contribution in [3.05, 3.63) is 59.7 Å². The van der Waals surface area contributed by atoms with Gasteiger partial charge in [0.15, 0.2) is 11.6 Å². The van der Waals surface area contributed by atoms with Crippen LogP contribution in [-0.2, 0) is 23.7 Å². The maximum absolute atomic E-state index is 12.7. The Kier molecular flexibility index (Phi) is 11.6. The number of carbonyl (C=O) groups excluding carboxylic acids is 1. The van der Waals surface area contributed by atoms with Crippen LogP contribution in [0.2, 0.25) is 0 Å². The van der Waals surface area contributed by atoms with Gasteiger partial charge in [-0.1, -0.05) is 48.5 Å². The van der Waals surface area contributed by atoms with Gasteiger partial charge in [-0.3, -0.25) is 0 Å². The zero-order valence-corrected chi connectivity index (χ0v) is 25.3. The van der Waals surface area contributed by atoms with E-state index in [0.717, 1.165) is 39.1 Å². The number of piperidine rings is 2. The molecule has 0 saturated carbocycles. The Morgan fingerprint density at radius 3 is 1.63 bits per heavy atom. The Labute approximate surface area is 245 Å². The van der Waals surface area contributed by atoms with E-state index in [4.69, 9.17) is 23.7 Å². The first-order valence-corrected chi connectivity index (χ1v) is 15.4. The van der Waals surface area contributed by atoms with Gasteiger partial charge >= 0.3 is 6.09 Å². The molecule has 0 atom stereocenters. The van der Waals surface area contributed by atoms with Crippen molar-refractivity contribution in [2.75, 3.05) is 59.2 Å². The molecule has 1 amide bonds. The van der Waals surface area contributed by atoms with Crippen LogP contribution in [0.3, 0.4) is 0 Å². The number of nitrogens with one attached hydrogen (secondary N) is 1. The molecule has 5 rings (SSSR count). The molecule has 2 saturated heterocycles. The Morgan fingerprint density at radius 2 is 1.17 bits per heavy atom. The summed E-state index contributed by atoms with van der Waals surface area (Å²) < 4.78 is 28.8.